The number of rotatable bonds is 16. The van der Waals surface area contributed by atoms with Crippen molar-refractivity contribution in [3.63, 3.8) is 0 Å². The van der Waals surface area contributed by atoms with Crippen LogP contribution in [0, 0.1) is 81.1 Å². The molecule has 0 saturated carbocycles. The van der Waals surface area contributed by atoms with Crippen LogP contribution in [0.5, 0.6) is 23.0 Å². The van der Waals surface area contributed by atoms with E-state index in [0.717, 1.165) is 67.5 Å². The summed E-state index contributed by atoms with van der Waals surface area (Å²) in [6.45, 7) is 17.1. The molecule has 4 aliphatic rings. The van der Waals surface area contributed by atoms with Gasteiger partial charge in [0.1, 0.15) is 23.0 Å². The average molecular weight is 1050 g/mol. The maximum absolute atomic E-state index is 5.70. The van der Waals surface area contributed by atoms with Gasteiger partial charge in [0.15, 0.2) is 0 Å². The molecule has 8 rings (SSSR count). The van der Waals surface area contributed by atoms with E-state index in [1.165, 1.54) is 54.1 Å². The van der Waals surface area contributed by atoms with Crippen molar-refractivity contribution in [2.24, 2.45) is 0 Å². The molecule has 0 saturated heterocycles. The maximum atomic E-state index is 5.70. The van der Waals surface area contributed by atoms with Gasteiger partial charge in [0.2, 0.25) is 0 Å². The molecule has 2 atom stereocenters. The van der Waals surface area contributed by atoms with Crippen molar-refractivity contribution in [1.82, 2.24) is 9.80 Å². The van der Waals surface area contributed by atoms with Gasteiger partial charge in [-0.15, -0.1) is 35.5 Å². The van der Waals surface area contributed by atoms with Crippen LogP contribution in [-0.4, -0.2) is 78.5 Å². The van der Waals surface area contributed by atoms with Crippen molar-refractivity contribution < 1.29 is 36.0 Å². The van der Waals surface area contributed by atoms with Gasteiger partial charge in [-0.3, -0.25) is 4.90 Å². The fourth-order valence-corrected chi connectivity index (χ4v) is 16.3. The second kappa shape index (κ2) is 25.2. The third-order valence-electron chi connectivity index (χ3n) is 13.5. The minimum atomic E-state index is -0.846. The van der Waals surface area contributed by atoms with Crippen molar-refractivity contribution in [2.45, 2.75) is 67.5 Å². The van der Waals surface area contributed by atoms with E-state index in [2.05, 4.69) is 240 Å². The number of hydrogen-bond donors (Lipinski definition) is 0. The van der Waals surface area contributed by atoms with Crippen LogP contribution in [-0.2, 0) is 17.1 Å². The van der Waals surface area contributed by atoms with Gasteiger partial charge >= 0.3 is 17.1 Å². The molecule has 6 nitrogen and oxygen atoms in total. The van der Waals surface area contributed by atoms with E-state index in [0.29, 0.717) is 0 Å². The normalized spacial score (nSPS) is 15.3. The van der Waals surface area contributed by atoms with Gasteiger partial charge in [0.25, 0.3) is 0 Å². The van der Waals surface area contributed by atoms with E-state index in [1.807, 2.05) is 0 Å². The average Bonchev–Trinajstić information content (AvgIpc) is 4.00. The molecule has 0 N–H and O–H groups in total. The fraction of sp³-hybridized carbons (Fsp3) is 0.281. The third kappa shape index (κ3) is 12.3. The first-order valence-electron chi connectivity index (χ1n) is 24.5. The molecule has 0 aromatic heterocycles. The molecule has 2 radical (unpaired) electrons. The quantitative estimate of drug-likeness (QED) is 0.0482. The molecule has 0 aliphatic heterocycles. The number of nitrogens with zero attached hydrogens (tertiary/aromatic N) is 2. The summed E-state index contributed by atoms with van der Waals surface area (Å²) in [5, 5.41) is 7.93. The van der Waals surface area contributed by atoms with Gasteiger partial charge < -0.3 is 23.8 Å². The van der Waals surface area contributed by atoms with Gasteiger partial charge in [-0.1, -0.05) is 0 Å². The molecule has 0 bridgehead atoms. The van der Waals surface area contributed by atoms with Gasteiger partial charge in [0.05, 0.1) is 28.4 Å². The topological polar surface area (TPSA) is 43.4 Å². The van der Waals surface area contributed by atoms with Crippen molar-refractivity contribution in [3.8, 4) is 23.0 Å². The summed E-state index contributed by atoms with van der Waals surface area (Å²) in [4.78, 5) is 4.58. The molecule has 4 aromatic carbocycles. The predicted octanol–water partition coefficient (Wildman–Crippen LogP) is 12.4. The number of methoxy groups -OCH3 is 4. The van der Waals surface area contributed by atoms with Crippen LogP contribution in [0.15, 0.2) is 154 Å². The molecule has 0 heterocycles. The SMILES string of the molecule is COc1c(C)cc(P(C2=C([C@@H](C3=C[CH]C=C[CH-]3)N(C)C)C=C=C2)c2cc(C)c(OC)c(C)c2)cc1C.COc1c(C)cc(P(C2=CC=C=C2[C@@H](C2=C[CH]C=C[CH-]2)N(C)C)c2cc(C)c(OC)c(C)c2)cc1C.[Fe+2]. The van der Waals surface area contributed by atoms with E-state index >= 15 is 0 Å². The van der Waals surface area contributed by atoms with E-state index in [-0.39, 0.29) is 29.2 Å². The Labute approximate surface area is 451 Å². The molecule has 0 fully saturated rings. The Bertz CT molecular complexity index is 2850. The van der Waals surface area contributed by atoms with Crippen LogP contribution in [0.3, 0.4) is 0 Å². The van der Waals surface area contributed by atoms with Crippen molar-refractivity contribution in [3.05, 3.63) is 224 Å². The summed E-state index contributed by atoms with van der Waals surface area (Å²) in [5.74, 6) is 3.84. The van der Waals surface area contributed by atoms with Gasteiger partial charge in [-0.25, -0.2) is 0 Å². The summed E-state index contributed by atoms with van der Waals surface area (Å²) in [5.41, 5.74) is 21.5. The minimum Gasteiger partial charge on any atom is -0.496 e. The Morgan fingerprint density at radius 1 is 0.479 bits per heavy atom. The number of allylic oxidation sites excluding steroid dienone is 8. The molecular formula is C64H72FeN2O4P2. The zero-order valence-electron chi connectivity index (χ0n) is 45.6. The Morgan fingerprint density at radius 2 is 0.836 bits per heavy atom. The fourth-order valence-electron chi connectivity index (χ4n) is 10.7. The molecule has 4 aliphatic carbocycles. The second-order valence-electron chi connectivity index (χ2n) is 19.2. The molecule has 4 aromatic rings. The molecule has 73 heavy (non-hydrogen) atoms. The van der Waals surface area contributed by atoms with Crippen LogP contribution < -0.4 is 40.2 Å². The molecule has 0 spiro atoms. The Hall–Kier alpha value is -5.40. The Balaban J connectivity index is 0.000000235. The van der Waals surface area contributed by atoms with Crippen molar-refractivity contribution in [2.75, 3.05) is 56.6 Å². The van der Waals surface area contributed by atoms with Crippen LogP contribution in [0.4, 0.5) is 0 Å². The van der Waals surface area contributed by atoms with Crippen LogP contribution in [0.1, 0.15) is 44.5 Å². The second-order valence-corrected chi connectivity index (χ2v) is 23.6. The summed E-state index contributed by atoms with van der Waals surface area (Å²) in [6, 6.07) is 18.7. The zero-order valence-corrected chi connectivity index (χ0v) is 48.5. The predicted molar refractivity (Wildman–Crippen MR) is 308 cm³/mol. The molecule has 0 unspecified atom stereocenters. The number of hydrogen-bond acceptors (Lipinski definition) is 6. The molecular weight excluding hydrogens is 979 g/mol. The molecule has 0 amide bonds. The van der Waals surface area contributed by atoms with Crippen molar-refractivity contribution >= 4 is 37.1 Å². The molecule has 380 valence electrons. The van der Waals surface area contributed by atoms with E-state index in [1.54, 1.807) is 28.4 Å². The Morgan fingerprint density at radius 3 is 1.16 bits per heavy atom. The number of ether oxygens (including phenoxy) is 4. The molecule has 9 heteroatoms. The van der Waals surface area contributed by atoms with Crippen molar-refractivity contribution in [1.29, 1.82) is 0 Å². The van der Waals surface area contributed by atoms with Gasteiger partial charge in [-0.05, 0) is 254 Å². The first kappa shape index (κ1) is 56.9. The number of benzene rings is 4. The summed E-state index contributed by atoms with van der Waals surface area (Å²) in [6.07, 6.45) is 30.2. The van der Waals surface area contributed by atoms with E-state index in [4.69, 9.17) is 18.9 Å². The standard InChI is InChI=1S/2C32H36NO2P.Fe/c2*1-21-17-26(18-22(2)31(21)34-7)36(27-19-23(3)32(35-8)24(4)20-27)29-16-12-15-28(29)30(33(5)6)25-13-10-9-11-14-25;/h9-11,13-20,30H,1-8H3;9-14,16-20,30H,1-8H3;/q2*-1;+2/t2*30-;/m11./s1. The first-order valence-corrected chi connectivity index (χ1v) is 27.2. The van der Waals surface area contributed by atoms with Crippen LogP contribution in [0.2, 0.25) is 0 Å². The maximum Gasteiger partial charge on any atom is 2.00 e. The largest absolute Gasteiger partial charge is 2.00 e. The summed E-state index contributed by atoms with van der Waals surface area (Å²) < 4.78 is 22.8. The summed E-state index contributed by atoms with van der Waals surface area (Å²) >= 11 is 0. The van der Waals surface area contributed by atoms with Crippen LogP contribution in [0.25, 0.3) is 0 Å². The zero-order chi connectivity index (χ0) is 52.0. The summed E-state index contributed by atoms with van der Waals surface area (Å²) in [7, 11) is 13.9. The van der Waals surface area contributed by atoms with Crippen LogP contribution >= 0.6 is 15.8 Å². The van der Waals surface area contributed by atoms with E-state index < -0.39 is 15.8 Å². The third-order valence-corrected chi connectivity index (χ3v) is 18.3. The van der Waals surface area contributed by atoms with E-state index in [9.17, 15) is 0 Å². The smallest absolute Gasteiger partial charge is 0.496 e. The van der Waals surface area contributed by atoms with Gasteiger partial charge in [0, 0.05) is 17.7 Å². The first-order chi connectivity index (χ1) is 34.5. The number of likely N-dealkylation sites (N-methyl/N-ethyl adjacent to an activating group) is 2. The Kier molecular flexibility index (Phi) is 19.7. The monoisotopic (exact) mass is 1050 g/mol. The van der Waals surface area contributed by atoms with Gasteiger partial charge in [-0.2, -0.15) is 49.3 Å². The minimum absolute atomic E-state index is 0. The number of aryl methyl sites for hydroxylation is 8.